The average Bonchev–Trinajstić information content (AvgIpc) is 2.11. The third kappa shape index (κ3) is 5.37. The lowest BCUT2D eigenvalue weighted by Crippen LogP contribution is -2.22. The molecule has 1 rings (SSSR count). The van der Waals surface area contributed by atoms with Crippen molar-refractivity contribution in [3.63, 3.8) is 0 Å². The molecule has 1 aromatic rings. The first-order valence-electron chi connectivity index (χ1n) is 5.09. The monoisotopic (exact) mass is 249 g/mol. The highest BCUT2D eigenvalue weighted by molar-refractivity contribution is 5.30. The predicted octanol–water partition coefficient (Wildman–Crippen LogP) is 2.55. The Labute approximate surface area is 97.2 Å². The van der Waals surface area contributed by atoms with Gasteiger partial charge in [-0.3, -0.25) is 0 Å². The van der Waals surface area contributed by atoms with Crippen molar-refractivity contribution in [2.75, 3.05) is 11.9 Å². The van der Waals surface area contributed by atoms with E-state index in [0.717, 1.165) is 0 Å². The van der Waals surface area contributed by atoms with Crippen molar-refractivity contribution in [1.29, 1.82) is 0 Å². The van der Waals surface area contributed by atoms with Crippen LogP contribution in [0, 0.1) is 6.92 Å². The topological polar surface area (TPSA) is 47.0 Å². The second kappa shape index (κ2) is 5.20. The van der Waals surface area contributed by atoms with Gasteiger partial charge >= 0.3 is 6.18 Å². The summed E-state index contributed by atoms with van der Waals surface area (Å²) in [6.07, 6.45) is -4.40. The van der Waals surface area contributed by atoms with Gasteiger partial charge in [-0.15, -0.1) is 0 Å². The molecule has 0 unspecified atom stereocenters. The van der Waals surface area contributed by atoms with E-state index in [-0.39, 0.29) is 17.9 Å². The highest BCUT2D eigenvalue weighted by Gasteiger charge is 2.27. The summed E-state index contributed by atoms with van der Waals surface area (Å²) in [7, 11) is 0. The van der Waals surface area contributed by atoms with Gasteiger partial charge in [0.1, 0.15) is 6.54 Å². The molecule has 17 heavy (non-hydrogen) atoms. The summed E-state index contributed by atoms with van der Waals surface area (Å²) in [5.41, 5.74) is 0.542. The number of ether oxygens (including phenoxy) is 1. The van der Waals surface area contributed by atoms with Crippen LogP contribution in [0.3, 0.4) is 0 Å². The minimum Gasteiger partial charge on any atom is -0.475 e. The second-order valence-corrected chi connectivity index (χ2v) is 3.81. The van der Waals surface area contributed by atoms with Crippen LogP contribution in [0.2, 0.25) is 0 Å². The van der Waals surface area contributed by atoms with Crippen LogP contribution in [0.1, 0.15) is 19.5 Å². The molecule has 0 spiro atoms. The van der Waals surface area contributed by atoms with Crippen LogP contribution in [-0.4, -0.2) is 28.8 Å². The summed E-state index contributed by atoms with van der Waals surface area (Å²) < 4.78 is 41.3. The molecule has 1 heterocycles. The molecule has 96 valence electrons. The molecule has 7 heteroatoms. The number of aryl methyl sites for hydroxylation is 1. The molecule has 0 fully saturated rings. The smallest absolute Gasteiger partial charge is 0.405 e. The van der Waals surface area contributed by atoms with Gasteiger partial charge in [0, 0.05) is 11.8 Å². The van der Waals surface area contributed by atoms with Crippen LogP contribution in [0.15, 0.2) is 6.07 Å². The Morgan fingerprint density at radius 3 is 2.53 bits per heavy atom. The van der Waals surface area contributed by atoms with E-state index >= 15 is 0 Å². The summed E-state index contributed by atoms with van der Waals surface area (Å²) in [4.78, 5) is 7.67. The maximum Gasteiger partial charge on any atom is 0.405 e. The fourth-order valence-electron chi connectivity index (χ4n) is 1.10. The number of nitrogens with zero attached hydrogens (tertiary/aromatic N) is 2. The number of halogens is 3. The molecule has 1 N–H and O–H groups in total. The lowest BCUT2D eigenvalue weighted by molar-refractivity contribution is -0.115. The van der Waals surface area contributed by atoms with Crippen LogP contribution >= 0.6 is 0 Å². The lowest BCUT2D eigenvalue weighted by Gasteiger charge is -2.12. The van der Waals surface area contributed by atoms with Crippen molar-refractivity contribution in [3.8, 4) is 5.88 Å². The van der Waals surface area contributed by atoms with Crippen LogP contribution in [0.5, 0.6) is 5.88 Å². The molecule has 0 amide bonds. The van der Waals surface area contributed by atoms with Crippen molar-refractivity contribution in [2.24, 2.45) is 0 Å². The molecule has 0 bridgehead atoms. The Morgan fingerprint density at radius 1 is 1.35 bits per heavy atom. The molecular formula is C10H14F3N3O. The van der Waals surface area contributed by atoms with E-state index in [1.54, 1.807) is 26.8 Å². The highest BCUT2D eigenvalue weighted by Crippen LogP contribution is 2.17. The molecule has 4 nitrogen and oxygen atoms in total. The van der Waals surface area contributed by atoms with Gasteiger partial charge in [0.25, 0.3) is 0 Å². The van der Waals surface area contributed by atoms with Crippen molar-refractivity contribution < 1.29 is 17.9 Å². The van der Waals surface area contributed by atoms with Crippen molar-refractivity contribution in [1.82, 2.24) is 9.97 Å². The van der Waals surface area contributed by atoms with Gasteiger partial charge in [-0.05, 0) is 20.8 Å². The molecule has 0 aliphatic carbocycles. The number of alkyl halides is 3. The van der Waals surface area contributed by atoms with E-state index < -0.39 is 12.7 Å². The third-order valence-electron chi connectivity index (χ3n) is 1.63. The van der Waals surface area contributed by atoms with E-state index in [9.17, 15) is 13.2 Å². The zero-order valence-corrected chi connectivity index (χ0v) is 9.80. The lowest BCUT2D eigenvalue weighted by atomic mass is 10.4. The van der Waals surface area contributed by atoms with E-state index in [1.807, 2.05) is 0 Å². The summed E-state index contributed by atoms with van der Waals surface area (Å²) in [6.45, 7) is 4.10. The predicted molar refractivity (Wildman–Crippen MR) is 57.1 cm³/mol. The number of nitrogens with one attached hydrogen (secondary N) is 1. The van der Waals surface area contributed by atoms with Crippen LogP contribution in [-0.2, 0) is 0 Å². The van der Waals surface area contributed by atoms with Gasteiger partial charge in [-0.25, -0.2) is 4.98 Å². The molecular weight excluding hydrogens is 235 g/mol. The van der Waals surface area contributed by atoms with Crippen molar-refractivity contribution >= 4 is 5.95 Å². The maximum absolute atomic E-state index is 12.0. The Morgan fingerprint density at radius 2 is 2.00 bits per heavy atom. The number of rotatable bonds is 4. The Bertz CT molecular complexity index is 380. The number of aromatic nitrogens is 2. The molecule has 0 aromatic carbocycles. The number of hydrogen-bond acceptors (Lipinski definition) is 4. The van der Waals surface area contributed by atoms with Gasteiger partial charge in [0.05, 0.1) is 6.10 Å². The standard InChI is InChI=1S/C10H14F3N3O/c1-6(2)17-8-4-7(3)15-9(16-8)14-5-10(11,12)13/h4,6H,5H2,1-3H3,(H,14,15,16). The molecule has 0 saturated carbocycles. The number of hydrogen-bond donors (Lipinski definition) is 1. The van der Waals surface area contributed by atoms with Gasteiger partial charge in [0.15, 0.2) is 0 Å². The SMILES string of the molecule is Cc1cc(OC(C)C)nc(NCC(F)(F)F)n1. The maximum atomic E-state index is 12.0. The third-order valence-corrected chi connectivity index (χ3v) is 1.63. The van der Waals surface area contributed by atoms with E-state index in [1.165, 1.54) is 0 Å². The van der Waals surface area contributed by atoms with Gasteiger partial charge in [-0.2, -0.15) is 18.2 Å². The normalized spacial score (nSPS) is 11.7. The average molecular weight is 249 g/mol. The Balaban J connectivity index is 2.75. The van der Waals surface area contributed by atoms with E-state index in [2.05, 4.69) is 15.3 Å². The molecule has 0 aliphatic rings. The van der Waals surface area contributed by atoms with Gasteiger partial charge in [-0.1, -0.05) is 0 Å². The summed E-state index contributed by atoms with van der Waals surface area (Å²) >= 11 is 0. The van der Waals surface area contributed by atoms with Crippen LogP contribution < -0.4 is 10.1 Å². The zero-order chi connectivity index (χ0) is 13.1. The minimum absolute atomic E-state index is 0.0852. The van der Waals surface area contributed by atoms with Gasteiger partial charge in [0.2, 0.25) is 11.8 Å². The first-order valence-corrected chi connectivity index (χ1v) is 5.09. The Hall–Kier alpha value is -1.53. The fraction of sp³-hybridized carbons (Fsp3) is 0.600. The molecule has 0 atom stereocenters. The number of anilines is 1. The molecule has 1 aromatic heterocycles. The van der Waals surface area contributed by atoms with E-state index in [0.29, 0.717) is 5.69 Å². The minimum atomic E-state index is -4.30. The van der Waals surface area contributed by atoms with Crippen molar-refractivity contribution in [3.05, 3.63) is 11.8 Å². The first-order chi connectivity index (χ1) is 7.76. The summed E-state index contributed by atoms with van der Waals surface area (Å²) in [5, 5.41) is 2.11. The van der Waals surface area contributed by atoms with Crippen LogP contribution in [0.25, 0.3) is 0 Å². The zero-order valence-electron chi connectivity index (χ0n) is 9.80. The van der Waals surface area contributed by atoms with Crippen LogP contribution in [0.4, 0.5) is 19.1 Å². The van der Waals surface area contributed by atoms with Gasteiger partial charge < -0.3 is 10.1 Å². The largest absolute Gasteiger partial charge is 0.475 e. The second-order valence-electron chi connectivity index (χ2n) is 3.81. The summed E-state index contributed by atoms with van der Waals surface area (Å²) in [5.74, 6) is 0.176. The fourth-order valence-corrected chi connectivity index (χ4v) is 1.10. The van der Waals surface area contributed by atoms with Crippen molar-refractivity contribution in [2.45, 2.75) is 33.1 Å². The molecule has 0 saturated heterocycles. The molecule has 0 radical (unpaired) electrons. The highest BCUT2D eigenvalue weighted by atomic mass is 19.4. The summed E-state index contributed by atoms with van der Waals surface area (Å²) in [6, 6.07) is 1.57. The Kier molecular flexibility index (Phi) is 4.14. The van der Waals surface area contributed by atoms with E-state index in [4.69, 9.17) is 4.74 Å². The quantitative estimate of drug-likeness (QED) is 0.890. The first kappa shape index (κ1) is 13.5. The molecule has 0 aliphatic heterocycles.